The van der Waals surface area contributed by atoms with Gasteiger partial charge in [-0.05, 0) is 62.6 Å². The molecule has 51 heavy (non-hydrogen) atoms. The number of aromatic nitrogens is 2. The van der Waals surface area contributed by atoms with E-state index < -0.39 is 24.0 Å². The quantitative estimate of drug-likeness (QED) is 0.0813. The molecule has 1 aliphatic heterocycles. The first-order valence-electron chi connectivity index (χ1n) is 16.3. The minimum absolute atomic E-state index is 0.0445. The van der Waals surface area contributed by atoms with Crippen LogP contribution in [0.2, 0.25) is 5.02 Å². The average Bonchev–Trinajstić information content (AvgIpc) is 3.86. The van der Waals surface area contributed by atoms with Crippen LogP contribution in [0.5, 0.6) is 5.75 Å². The van der Waals surface area contributed by atoms with Crippen molar-refractivity contribution in [3.63, 3.8) is 0 Å². The molecule has 2 aromatic carbocycles. The summed E-state index contributed by atoms with van der Waals surface area (Å²) in [5.41, 5.74) is 14.8. The molecule has 12 nitrogen and oxygen atoms in total. The van der Waals surface area contributed by atoms with Crippen molar-refractivity contribution in [1.82, 2.24) is 15.3 Å². The van der Waals surface area contributed by atoms with E-state index in [0.717, 1.165) is 42.2 Å². The van der Waals surface area contributed by atoms with Crippen molar-refractivity contribution in [1.29, 1.82) is 10.5 Å². The van der Waals surface area contributed by atoms with E-state index in [2.05, 4.69) is 22.4 Å². The smallest absolute Gasteiger partial charge is 0.328 e. The second kappa shape index (κ2) is 18.0. The maximum Gasteiger partial charge on any atom is 0.328 e. The van der Waals surface area contributed by atoms with Gasteiger partial charge in [-0.25, -0.2) is 14.8 Å². The molecule has 1 fully saturated rings. The number of amides is 1. The maximum atomic E-state index is 12.3. The van der Waals surface area contributed by atoms with Crippen LogP contribution in [0, 0.1) is 22.7 Å². The van der Waals surface area contributed by atoms with Crippen LogP contribution in [0.1, 0.15) is 43.0 Å². The molecule has 2 atom stereocenters. The highest BCUT2D eigenvalue weighted by molar-refractivity contribution is 7.98. The molecular weight excluding hydrogens is 708 g/mol. The van der Waals surface area contributed by atoms with Crippen LogP contribution in [0.25, 0.3) is 21.7 Å². The highest BCUT2D eigenvalue weighted by atomic mass is 35.5. The monoisotopic (exact) mass is 744 g/mol. The number of benzene rings is 2. The molecule has 5 rings (SSSR count). The molecule has 1 aliphatic rings. The number of hydrogen-bond acceptors (Lipinski definition) is 13. The molecule has 2 aromatic heterocycles. The fourth-order valence-corrected chi connectivity index (χ4v) is 7.32. The predicted octanol–water partition coefficient (Wildman–Crippen LogP) is 5.26. The van der Waals surface area contributed by atoms with Crippen LogP contribution in [0.3, 0.4) is 0 Å². The van der Waals surface area contributed by atoms with Gasteiger partial charge in [0.25, 0.3) is 0 Å². The number of nitriles is 2. The lowest BCUT2D eigenvalue weighted by Gasteiger charge is -2.22. The Bertz CT molecular complexity index is 1920. The Morgan fingerprint density at radius 1 is 1.04 bits per heavy atom. The first kappa shape index (κ1) is 37.6. The lowest BCUT2D eigenvalue weighted by Crippen LogP contribution is -2.48. The summed E-state index contributed by atoms with van der Waals surface area (Å²) < 4.78 is 11.0. The number of thiazole rings is 1. The number of anilines is 1. The van der Waals surface area contributed by atoms with E-state index in [1.165, 1.54) is 30.0 Å². The Morgan fingerprint density at radius 2 is 1.73 bits per heavy atom. The van der Waals surface area contributed by atoms with Gasteiger partial charge >= 0.3 is 5.97 Å². The third-order valence-electron chi connectivity index (χ3n) is 8.04. The van der Waals surface area contributed by atoms with Crippen LogP contribution < -0.4 is 26.4 Å². The summed E-state index contributed by atoms with van der Waals surface area (Å²) in [6, 6.07) is 17.6. The van der Waals surface area contributed by atoms with Gasteiger partial charge in [-0.2, -0.15) is 10.5 Å². The number of pyridine rings is 1. The van der Waals surface area contributed by atoms with Gasteiger partial charge in [0.1, 0.15) is 58.6 Å². The van der Waals surface area contributed by atoms with E-state index in [4.69, 9.17) is 42.5 Å². The molecule has 1 saturated heterocycles. The zero-order valence-electron chi connectivity index (χ0n) is 27.9. The normalized spacial score (nSPS) is 13.6. The second-order valence-corrected chi connectivity index (χ2v) is 13.9. The van der Waals surface area contributed by atoms with Crippen molar-refractivity contribution in [2.45, 2.75) is 49.0 Å². The first-order valence-corrected chi connectivity index (χ1v) is 18.6. The fraction of sp³-hybridized carbons (Fsp3) is 0.333. The summed E-state index contributed by atoms with van der Waals surface area (Å²) in [6.45, 7) is 3.34. The van der Waals surface area contributed by atoms with Crippen LogP contribution in [-0.4, -0.2) is 66.8 Å². The number of nitrogens with two attached hydrogens (primary N) is 2. The maximum absolute atomic E-state index is 12.3. The van der Waals surface area contributed by atoms with Crippen molar-refractivity contribution >= 4 is 52.4 Å². The number of carbonyl (C=O) groups is 2. The molecule has 0 radical (unpaired) electrons. The third kappa shape index (κ3) is 9.55. The van der Waals surface area contributed by atoms with Crippen molar-refractivity contribution in [3.8, 4) is 39.6 Å². The molecule has 4 aromatic rings. The van der Waals surface area contributed by atoms with E-state index in [1.807, 2.05) is 29.6 Å². The first-order chi connectivity index (χ1) is 24.7. The standard InChI is InChI=1S/C36H37ClN8O4S2/c1-22(42-33(46)30(41)12-13-38)36(47)49-17-16-48-27-10-6-23(7-11-27)31-28(18-39)32(45-14-2-3-15-45)44-35(29(31)19-40)51-21-26-20-50-34(43-26)24-4-8-25(37)9-5-24/h4-11,20,22,30H,2-3,12-17,21,38,41H2,1H3,(H,42,46)/t22-,30-/m0/s1. The Morgan fingerprint density at radius 3 is 2.39 bits per heavy atom. The number of halogens is 1. The summed E-state index contributed by atoms with van der Waals surface area (Å²) in [7, 11) is 0. The van der Waals surface area contributed by atoms with Gasteiger partial charge in [0.05, 0.1) is 17.3 Å². The number of rotatable bonds is 15. The van der Waals surface area contributed by atoms with Gasteiger partial charge in [-0.3, -0.25) is 4.79 Å². The zero-order chi connectivity index (χ0) is 36.3. The SMILES string of the molecule is C[C@H](NC(=O)[C@@H](N)CCN)C(=O)OCCOc1ccc(-c2c(C#N)c(SCc3csc(-c4ccc(Cl)cc4)n3)nc(N3CCCC3)c2C#N)cc1. The number of nitrogens with zero attached hydrogens (tertiary/aromatic N) is 5. The Labute approximate surface area is 309 Å². The van der Waals surface area contributed by atoms with Crippen LogP contribution in [0.4, 0.5) is 5.82 Å². The molecule has 15 heteroatoms. The third-order valence-corrected chi connectivity index (χ3v) is 10.2. The van der Waals surface area contributed by atoms with Gasteiger partial charge in [-0.1, -0.05) is 47.6 Å². The predicted molar refractivity (Wildman–Crippen MR) is 198 cm³/mol. The van der Waals surface area contributed by atoms with Crippen LogP contribution in [0.15, 0.2) is 58.9 Å². The zero-order valence-corrected chi connectivity index (χ0v) is 30.3. The van der Waals surface area contributed by atoms with Crippen molar-refractivity contribution in [2.75, 3.05) is 37.7 Å². The topological polar surface area (TPSA) is 193 Å². The van der Waals surface area contributed by atoms with Gasteiger partial charge < -0.3 is 31.2 Å². The number of carbonyl (C=O) groups excluding carboxylic acids is 2. The molecule has 0 spiro atoms. The number of ether oxygens (including phenoxy) is 2. The second-order valence-electron chi connectivity index (χ2n) is 11.7. The van der Waals surface area contributed by atoms with E-state index in [-0.39, 0.29) is 19.8 Å². The van der Waals surface area contributed by atoms with E-state index in [0.29, 0.717) is 56.0 Å². The Kier molecular flexibility index (Phi) is 13.2. The molecule has 0 saturated carbocycles. The van der Waals surface area contributed by atoms with Crippen molar-refractivity contribution < 1.29 is 19.1 Å². The number of esters is 1. The summed E-state index contributed by atoms with van der Waals surface area (Å²) >= 11 is 9.00. The van der Waals surface area contributed by atoms with Crippen molar-refractivity contribution in [2.24, 2.45) is 11.5 Å². The van der Waals surface area contributed by atoms with E-state index in [1.54, 1.807) is 24.3 Å². The molecule has 1 amide bonds. The molecular formula is C36H37ClN8O4S2. The van der Waals surface area contributed by atoms with Crippen molar-refractivity contribution in [3.05, 3.63) is 75.8 Å². The van der Waals surface area contributed by atoms with E-state index in [9.17, 15) is 20.1 Å². The summed E-state index contributed by atoms with van der Waals surface area (Å²) in [5.74, 6) is 0.467. The summed E-state index contributed by atoms with van der Waals surface area (Å²) in [5, 5.41) is 27.4. The van der Waals surface area contributed by atoms with E-state index >= 15 is 0 Å². The van der Waals surface area contributed by atoms with Gasteiger partial charge in [-0.15, -0.1) is 11.3 Å². The molecule has 3 heterocycles. The molecule has 0 aliphatic carbocycles. The Hall–Kier alpha value is -4.70. The van der Waals surface area contributed by atoms with Crippen LogP contribution >= 0.6 is 34.7 Å². The summed E-state index contributed by atoms with van der Waals surface area (Å²) in [6.07, 6.45) is 2.29. The molecule has 5 N–H and O–H groups in total. The fourth-order valence-electron chi connectivity index (χ4n) is 5.39. The minimum atomic E-state index is -0.883. The van der Waals surface area contributed by atoms with Gasteiger partial charge in [0.2, 0.25) is 5.91 Å². The molecule has 0 bridgehead atoms. The summed E-state index contributed by atoms with van der Waals surface area (Å²) in [4.78, 5) is 36.2. The number of thioether (sulfide) groups is 1. The lowest BCUT2D eigenvalue weighted by molar-refractivity contribution is -0.148. The largest absolute Gasteiger partial charge is 0.490 e. The average molecular weight is 745 g/mol. The van der Waals surface area contributed by atoms with Gasteiger partial charge in [0, 0.05) is 40.4 Å². The molecule has 264 valence electrons. The minimum Gasteiger partial charge on any atom is -0.490 e. The lowest BCUT2D eigenvalue weighted by atomic mass is 9.96. The number of hydrogen-bond donors (Lipinski definition) is 3. The highest BCUT2D eigenvalue weighted by Crippen LogP contribution is 2.40. The Balaban J connectivity index is 1.30. The molecule has 0 unspecified atom stereocenters. The highest BCUT2D eigenvalue weighted by Gasteiger charge is 2.27. The van der Waals surface area contributed by atoms with Crippen LogP contribution in [-0.2, 0) is 20.1 Å². The number of nitrogens with one attached hydrogen (secondary N) is 1. The van der Waals surface area contributed by atoms with Gasteiger partial charge in [0.15, 0.2) is 0 Å².